The highest BCUT2D eigenvalue weighted by atomic mass is 16.6. The van der Waals surface area contributed by atoms with E-state index in [1.807, 2.05) is 12.1 Å². The van der Waals surface area contributed by atoms with E-state index in [0.717, 1.165) is 35.4 Å². The summed E-state index contributed by atoms with van der Waals surface area (Å²) in [5.41, 5.74) is 1.96. The fourth-order valence-electron chi connectivity index (χ4n) is 3.29. The third-order valence-electron chi connectivity index (χ3n) is 5.04. The summed E-state index contributed by atoms with van der Waals surface area (Å²) in [6.07, 6.45) is 5.58. The Balaban J connectivity index is 1.63. The Morgan fingerprint density at radius 2 is 1.90 bits per heavy atom. The van der Waals surface area contributed by atoms with Gasteiger partial charge in [0.2, 0.25) is 0 Å². The number of benzene rings is 1. The summed E-state index contributed by atoms with van der Waals surface area (Å²) in [6, 6.07) is 5.74. The molecule has 0 radical (unpaired) electrons. The van der Waals surface area contributed by atoms with Gasteiger partial charge in [-0.15, -0.1) is 0 Å². The van der Waals surface area contributed by atoms with Crippen molar-refractivity contribution in [2.45, 2.75) is 45.6 Å². The molecule has 2 saturated carbocycles. The molecule has 0 spiro atoms. The van der Waals surface area contributed by atoms with E-state index in [1.165, 1.54) is 25.7 Å². The zero-order valence-electron chi connectivity index (χ0n) is 12.8. The van der Waals surface area contributed by atoms with Crippen LogP contribution in [-0.2, 0) is 0 Å². The molecule has 2 aliphatic rings. The fourth-order valence-corrected chi connectivity index (χ4v) is 3.29. The molecule has 21 heavy (non-hydrogen) atoms. The predicted molar refractivity (Wildman–Crippen MR) is 83.2 cm³/mol. The Kier molecular flexibility index (Phi) is 3.98. The van der Waals surface area contributed by atoms with Crippen molar-refractivity contribution in [2.24, 2.45) is 17.8 Å². The average molecular weight is 288 g/mol. The minimum Gasteiger partial charge on any atom is -0.310 e. The van der Waals surface area contributed by atoms with E-state index in [-0.39, 0.29) is 16.7 Å². The topological polar surface area (TPSA) is 55.2 Å². The zero-order chi connectivity index (χ0) is 15.0. The molecule has 3 rings (SSSR count). The quantitative estimate of drug-likeness (QED) is 0.609. The first-order valence-corrected chi connectivity index (χ1v) is 8.04. The lowest BCUT2D eigenvalue weighted by molar-refractivity contribution is -0.385. The summed E-state index contributed by atoms with van der Waals surface area (Å²) < 4.78 is 0. The van der Waals surface area contributed by atoms with Gasteiger partial charge in [-0.3, -0.25) is 10.1 Å². The Morgan fingerprint density at radius 1 is 1.29 bits per heavy atom. The van der Waals surface area contributed by atoms with Crippen molar-refractivity contribution < 1.29 is 4.92 Å². The lowest BCUT2D eigenvalue weighted by Crippen LogP contribution is -2.28. The predicted octanol–water partition coefficient (Wildman–Crippen LogP) is 3.99. The number of nitro groups is 1. The summed E-state index contributed by atoms with van der Waals surface area (Å²) >= 11 is 0. The van der Waals surface area contributed by atoms with Gasteiger partial charge >= 0.3 is 0 Å². The Labute approximate surface area is 126 Å². The maximum Gasteiger partial charge on any atom is 0.272 e. The van der Waals surface area contributed by atoms with Crippen molar-refractivity contribution in [3.63, 3.8) is 0 Å². The van der Waals surface area contributed by atoms with Gasteiger partial charge < -0.3 is 5.32 Å². The van der Waals surface area contributed by atoms with E-state index in [2.05, 4.69) is 12.2 Å². The highest BCUT2D eigenvalue weighted by Gasteiger charge is 2.41. The molecule has 1 atom stereocenters. The van der Waals surface area contributed by atoms with Crippen LogP contribution in [0.25, 0.3) is 0 Å². The van der Waals surface area contributed by atoms with Crippen LogP contribution in [0.2, 0.25) is 0 Å². The number of rotatable bonds is 7. The second kappa shape index (κ2) is 5.76. The van der Waals surface area contributed by atoms with Crippen molar-refractivity contribution in [2.75, 3.05) is 6.54 Å². The second-order valence-corrected chi connectivity index (χ2v) is 6.77. The summed E-state index contributed by atoms with van der Waals surface area (Å²) in [5.74, 6) is 2.70. The van der Waals surface area contributed by atoms with Gasteiger partial charge in [0.25, 0.3) is 5.69 Å². The van der Waals surface area contributed by atoms with Gasteiger partial charge in [-0.25, -0.2) is 0 Å². The van der Waals surface area contributed by atoms with Crippen LogP contribution in [0.15, 0.2) is 18.2 Å². The third-order valence-corrected chi connectivity index (χ3v) is 5.04. The molecule has 0 bridgehead atoms. The Morgan fingerprint density at radius 3 is 2.43 bits per heavy atom. The monoisotopic (exact) mass is 288 g/mol. The maximum atomic E-state index is 11.0. The van der Waals surface area contributed by atoms with Crippen molar-refractivity contribution in [1.29, 1.82) is 0 Å². The molecule has 0 heterocycles. The average Bonchev–Trinajstić information content (AvgIpc) is 3.32. The molecule has 2 aliphatic carbocycles. The van der Waals surface area contributed by atoms with Gasteiger partial charge in [0.05, 0.1) is 4.92 Å². The van der Waals surface area contributed by atoms with E-state index in [9.17, 15) is 10.1 Å². The van der Waals surface area contributed by atoms with Gasteiger partial charge in [0, 0.05) is 17.7 Å². The number of nitrogens with one attached hydrogen (secondary N) is 1. The summed E-state index contributed by atoms with van der Waals surface area (Å²) in [6.45, 7) is 4.94. The first-order valence-electron chi connectivity index (χ1n) is 8.04. The molecule has 0 aromatic heterocycles. The van der Waals surface area contributed by atoms with Gasteiger partial charge in [-0.05, 0) is 69.4 Å². The Hall–Kier alpha value is -1.42. The van der Waals surface area contributed by atoms with E-state index >= 15 is 0 Å². The van der Waals surface area contributed by atoms with Gasteiger partial charge in [-0.2, -0.15) is 0 Å². The minimum atomic E-state index is -0.289. The zero-order valence-corrected chi connectivity index (χ0v) is 12.8. The van der Waals surface area contributed by atoms with Gasteiger partial charge in [0.1, 0.15) is 0 Å². The lowest BCUT2D eigenvalue weighted by atomic mass is 9.97. The summed E-state index contributed by atoms with van der Waals surface area (Å²) in [7, 11) is 0. The molecule has 114 valence electrons. The van der Waals surface area contributed by atoms with Crippen LogP contribution in [0.1, 0.15) is 49.8 Å². The van der Waals surface area contributed by atoms with E-state index in [1.54, 1.807) is 13.0 Å². The van der Waals surface area contributed by atoms with Crippen LogP contribution < -0.4 is 5.32 Å². The summed E-state index contributed by atoms with van der Waals surface area (Å²) in [5, 5.41) is 14.6. The van der Waals surface area contributed by atoms with Crippen molar-refractivity contribution in [3.05, 3.63) is 39.4 Å². The number of nitro benzene ring substituents is 1. The fraction of sp³-hybridized carbons (Fsp3) is 0.647. The highest BCUT2D eigenvalue weighted by molar-refractivity contribution is 5.43. The third kappa shape index (κ3) is 3.43. The molecule has 4 nitrogen and oxygen atoms in total. The molecular formula is C17H24N2O2. The largest absolute Gasteiger partial charge is 0.310 e. The molecule has 1 N–H and O–H groups in total. The first-order chi connectivity index (χ1) is 10.1. The maximum absolute atomic E-state index is 11.0. The standard InChI is InChI=1S/C17H24N2O2/c1-11-3-4-15(9-17(11)19(20)21)12(2)18-10-16(13-5-6-13)14-7-8-14/h3-4,9,12-14,16,18H,5-8,10H2,1-2H3. The van der Waals surface area contributed by atoms with Crippen molar-refractivity contribution in [3.8, 4) is 0 Å². The smallest absolute Gasteiger partial charge is 0.272 e. The SMILES string of the molecule is Cc1ccc(C(C)NCC(C2CC2)C2CC2)cc1[N+](=O)[O-]. The second-order valence-electron chi connectivity index (χ2n) is 6.77. The lowest BCUT2D eigenvalue weighted by Gasteiger charge is -2.20. The van der Waals surface area contributed by atoms with Crippen LogP contribution in [0.4, 0.5) is 5.69 Å². The number of hydrogen-bond donors (Lipinski definition) is 1. The molecule has 1 aromatic rings. The molecule has 2 fully saturated rings. The molecule has 4 heteroatoms. The highest BCUT2D eigenvalue weighted by Crippen LogP contribution is 2.49. The number of nitrogens with zero attached hydrogens (tertiary/aromatic N) is 1. The molecule has 1 unspecified atom stereocenters. The van der Waals surface area contributed by atoms with E-state index in [0.29, 0.717) is 0 Å². The van der Waals surface area contributed by atoms with Crippen LogP contribution >= 0.6 is 0 Å². The van der Waals surface area contributed by atoms with Crippen molar-refractivity contribution in [1.82, 2.24) is 5.32 Å². The number of hydrogen-bond acceptors (Lipinski definition) is 3. The molecule has 0 aliphatic heterocycles. The molecule has 0 saturated heterocycles. The Bertz CT molecular complexity index is 524. The van der Waals surface area contributed by atoms with Crippen LogP contribution in [0, 0.1) is 34.8 Å². The summed E-state index contributed by atoms with van der Waals surface area (Å²) in [4.78, 5) is 10.8. The molecule has 0 amide bonds. The van der Waals surface area contributed by atoms with Crippen LogP contribution in [0.3, 0.4) is 0 Å². The van der Waals surface area contributed by atoms with Crippen LogP contribution in [0.5, 0.6) is 0 Å². The normalized spacial score (nSPS) is 19.8. The first kappa shape index (κ1) is 14.5. The van der Waals surface area contributed by atoms with Crippen molar-refractivity contribution >= 4 is 5.69 Å². The van der Waals surface area contributed by atoms with Crippen LogP contribution in [-0.4, -0.2) is 11.5 Å². The molecule has 1 aromatic carbocycles. The number of aryl methyl sites for hydroxylation is 1. The van der Waals surface area contributed by atoms with Gasteiger partial charge in [-0.1, -0.05) is 12.1 Å². The molecular weight excluding hydrogens is 264 g/mol. The van der Waals surface area contributed by atoms with E-state index < -0.39 is 0 Å². The van der Waals surface area contributed by atoms with Gasteiger partial charge in [0.15, 0.2) is 0 Å². The minimum absolute atomic E-state index is 0.171. The van der Waals surface area contributed by atoms with E-state index in [4.69, 9.17) is 0 Å².